The van der Waals surface area contributed by atoms with Gasteiger partial charge in [0, 0.05) is 19.7 Å². The Bertz CT molecular complexity index is 393. The van der Waals surface area contributed by atoms with Crippen LogP contribution < -0.4 is 0 Å². The lowest BCUT2D eigenvalue weighted by atomic mass is 10.0. The molecular formula is C34H69NO. The van der Waals surface area contributed by atoms with Gasteiger partial charge in [-0.1, -0.05) is 174 Å². The summed E-state index contributed by atoms with van der Waals surface area (Å²) in [6.07, 6.45) is 42.0. The zero-order valence-electron chi connectivity index (χ0n) is 25.2. The smallest absolute Gasteiger partial charge is 0.0990 e. The van der Waals surface area contributed by atoms with Crippen LogP contribution in [0.25, 0.3) is 0 Å². The highest BCUT2D eigenvalue weighted by molar-refractivity contribution is 4.61. The number of hydrogen-bond donors (Lipinski definition) is 0. The molecule has 1 fully saturated rings. The molecule has 1 saturated heterocycles. The molecule has 36 heavy (non-hydrogen) atoms. The van der Waals surface area contributed by atoms with E-state index < -0.39 is 0 Å². The lowest BCUT2D eigenvalue weighted by Crippen LogP contribution is -2.31. The van der Waals surface area contributed by atoms with E-state index in [-0.39, 0.29) is 0 Å². The average molecular weight is 508 g/mol. The fourth-order valence-electron chi connectivity index (χ4n) is 5.80. The third-order valence-electron chi connectivity index (χ3n) is 8.36. The van der Waals surface area contributed by atoms with Crippen LogP contribution in [-0.2, 0) is 4.74 Å². The van der Waals surface area contributed by atoms with Crippen molar-refractivity contribution in [1.29, 1.82) is 0 Å². The van der Waals surface area contributed by atoms with Crippen molar-refractivity contribution in [2.45, 2.75) is 193 Å². The van der Waals surface area contributed by atoms with Crippen molar-refractivity contribution in [2.75, 3.05) is 26.4 Å². The molecule has 0 atom stereocenters. The van der Waals surface area contributed by atoms with Crippen LogP contribution in [0.4, 0.5) is 0 Å². The maximum atomic E-state index is 5.85. The van der Waals surface area contributed by atoms with Crippen LogP contribution in [0.3, 0.4) is 0 Å². The summed E-state index contributed by atoms with van der Waals surface area (Å²) in [6.45, 7) is 6.65. The third-order valence-corrected chi connectivity index (χ3v) is 8.36. The maximum absolute atomic E-state index is 5.85. The monoisotopic (exact) mass is 508 g/mol. The number of rotatable bonds is 29. The Morgan fingerprint density at radius 2 is 0.694 bits per heavy atom. The number of hydrogen-bond acceptors (Lipinski definition) is 2. The standard InChI is InChI=1S/C34H69NO/c1-2-3-4-5-6-7-8-9-10-11-12-13-14-15-16-17-18-19-20-21-22-23-24-25-26-30-33-36-34-35-31-28-27-29-32-35/h2-34H2,1H3. The van der Waals surface area contributed by atoms with Crippen molar-refractivity contribution in [2.24, 2.45) is 0 Å². The summed E-state index contributed by atoms with van der Waals surface area (Å²) in [5.74, 6) is 0. The maximum Gasteiger partial charge on any atom is 0.0990 e. The minimum atomic E-state index is 0.874. The largest absolute Gasteiger partial charge is 0.366 e. The van der Waals surface area contributed by atoms with Crippen LogP contribution in [0.15, 0.2) is 0 Å². The van der Waals surface area contributed by atoms with Crippen molar-refractivity contribution in [3.05, 3.63) is 0 Å². The summed E-state index contributed by atoms with van der Waals surface area (Å²) in [5.41, 5.74) is 0. The molecule has 0 amide bonds. The van der Waals surface area contributed by atoms with Gasteiger partial charge in [-0.3, -0.25) is 4.90 Å². The van der Waals surface area contributed by atoms with E-state index in [9.17, 15) is 0 Å². The minimum Gasteiger partial charge on any atom is -0.366 e. The predicted octanol–water partition coefficient (Wildman–Crippen LogP) is 11.6. The van der Waals surface area contributed by atoms with Crippen LogP contribution >= 0.6 is 0 Å². The molecule has 0 unspecified atom stereocenters. The second-order valence-corrected chi connectivity index (χ2v) is 12.1. The Hall–Kier alpha value is -0.0800. The van der Waals surface area contributed by atoms with Crippen LogP contribution in [0.2, 0.25) is 0 Å². The molecule has 2 heteroatoms. The lowest BCUT2D eigenvalue weighted by Gasteiger charge is -2.25. The molecule has 0 aromatic rings. The molecule has 0 aliphatic carbocycles. The summed E-state index contributed by atoms with van der Waals surface area (Å²) in [4.78, 5) is 2.48. The second-order valence-electron chi connectivity index (χ2n) is 12.1. The molecule has 0 radical (unpaired) electrons. The first kappa shape index (κ1) is 33.9. The summed E-state index contributed by atoms with van der Waals surface area (Å²) < 4.78 is 5.85. The Labute approximate surface area is 229 Å². The van der Waals surface area contributed by atoms with E-state index in [1.54, 1.807) is 0 Å². The molecule has 0 saturated carbocycles. The Morgan fingerprint density at radius 3 is 1.03 bits per heavy atom. The van der Waals surface area contributed by atoms with Gasteiger partial charge in [0.1, 0.15) is 0 Å². The molecule has 1 heterocycles. The first-order valence-corrected chi connectivity index (χ1v) is 17.2. The van der Waals surface area contributed by atoms with Crippen molar-refractivity contribution in [1.82, 2.24) is 4.90 Å². The van der Waals surface area contributed by atoms with E-state index in [0.717, 1.165) is 13.3 Å². The van der Waals surface area contributed by atoms with Crippen molar-refractivity contribution >= 4 is 0 Å². The van der Waals surface area contributed by atoms with Gasteiger partial charge in [0.25, 0.3) is 0 Å². The first-order chi connectivity index (χ1) is 17.9. The Morgan fingerprint density at radius 1 is 0.389 bits per heavy atom. The van der Waals surface area contributed by atoms with E-state index in [4.69, 9.17) is 4.74 Å². The van der Waals surface area contributed by atoms with Gasteiger partial charge < -0.3 is 4.74 Å². The minimum absolute atomic E-state index is 0.874. The van der Waals surface area contributed by atoms with Crippen molar-refractivity contribution in [3.63, 3.8) is 0 Å². The summed E-state index contributed by atoms with van der Waals surface area (Å²) >= 11 is 0. The Balaban J connectivity index is 1.61. The first-order valence-electron chi connectivity index (χ1n) is 17.2. The molecule has 216 valence electrons. The van der Waals surface area contributed by atoms with Gasteiger partial charge in [-0.15, -0.1) is 0 Å². The molecule has 0 aromatic heterocycles. The molecular weight excluding hydrogens is 438 g/mol. The molecule has 0 aromatic carbocycles. The van der Waals surface area contributed by atoms with Gasteiger partial charge in [-0.2, -0.15) is 0 Å². The van der Waals surface area contributed by atoms with Crippen LogP contribution in [-0.4, -0.2) is 31.3 Å². The molecule has 2 nitrogen and oxygen atoms in total. The van der Waals surface area contributed by atoms with Crippen molar-refractivity contribution in [3.8, 4) is 0 Å². The predicted molar refractivity (Wildman–Crippen MR) is 162 cm³/mol. The van der Waals surface area contributed by atoms with Gasteiger partial charge in [-0.05, 0) is 19.3 Å². The summed E-state index contributed by atoms with van der Waals surface area (Å²) in [7, 11) is 0. The highest BCUT2D eigenvalue weighted by atomic mass is 16.5. The van der Waals surface area contributed by atoms with E-state index in [1.165, 1.54) is 199 Å². The van der Waals surface area contributed by atoms with Gasteiger partial charge in [0.05, 0.1) is 6.73 Å². The highest BCUT2D eigenvalue weighted by Gasteiger charge is 2.08. The average Bonchev–Trinajstić information content (AvgIpc) is 2.91. The molecule has 0 bridgehead atoms. The van der Waals surface area contributed by atoms with Crippen LogP contribution in [0, 0.1) is 0 Å². The van der Waals surface area contributed by atoms with Crippen LogP contribution in [0.1, 0.15) is 193 Å². The SMILES string of the molecule is CCCCCCCCCCCCCCCCCCCCCCCCCCCCOCN1CCCCC1. The fraction of sp³-hybridized carbons (Fsp3) is 1.00. The van der Waals surface area contributed by atoms with Gasteiger partial charge in [-0.25, -0.2) is 0 Å². The zero-order chi connectivity index (χ0) is 25.6. The topological polar surface area (TPSA) is 12.5 Å². The van der Waals surface area contributed by atoms with Crippen LogP contribution in [0.5, 0.6) is 0 Å². The molecule has 0 spiro atoms. The van der Waals surface area contributed by atoms with E-state index in [2.05, 4.69) is 11.8 Å². The number of ether oxygens (including phenoxy) is 1. The second kappa shape index (κ2) is 29.5. The lowest BCUT2D eigenvalue weighted by molar-refractivity contribution is 0.0174. The van der Waals surface area contributed by atoms with Gasteiger partial charge in [0.15, 0.2) is 0 Å². The quantitative estimate of drug-likeness (QED) is 0.0933. The third kappa shape index (κ3) is 25.6. The molecule has 1 aliphatic heterocycles. The number of likely N-dealkylation sites (tertiary alicyclic amines) is 1. The normalized spacial score (nSPS) is 14.6. The Kier molecular flexibility index (Phi) is 27.8. The number of piperidine rings is 1. The van der Waals surface area contributed by atoms with Gasteiger partial charge in [0.2, 0.25) is 0 Å². The molecule has 0 N–H and O–H groups in total. The summed E-state index contributed by atoms with van der Waals surface area (Å²) in [5, 5.41) is 0. The van der Waals surface area contributed by atoms with E-state index >= 15 is 0 Å². The number of unbranched alkanes of at least 4 members (excludes halogenated alkanes) is 25. The van der Waals surface area contributed by atoms with E-state index in [0.29, 0.717) is 0 Å². The van der Waals surface area contributed by atoms with E-state index in [1.807, 2.05) is 0 Å². The van der Waals surface area contributed by atoms with Crippen molar-refractivity contribution < 1.29 is 4.74 Å². The molecule has 1 aliphatic rings. The highest BCUT2D eigenvalue weighted by Crippen LogP contribution is 2.16. The zero-order valence-corrected chi connectivity index (χ0v) is 25.2. The summed E-state index contributed by atoms with van der Waals surface area (Å²) in [6, 6.07) is 0. The molecule has 1 rings (SSSR count). The van der Waals surface area contributed by atoms with Gasteiger partial charge >= 0.3 is 0 Å². The fourth-order valence-corrected chi connectivity index (χ4v) is 5.80. The number of nitrogens with zero attached hydrogens (tertiary/aromatic N) is 1.